The summed E-state index contributed by atoms with van der Waals surface area (Å²) in [7, 11) is 0. The molecule has 0 N–H and O–H groups in total. The van der Waals surface area contributed by atoms with E-state index in [1.807, 2.05) is 24.3 Å². The van der Waals surface area contributed by atoms with Crippen LogP contribution in [-0.2, 0) is 0 Å². The van der Waals surface area contributed by atoms with E-state index in [1.165, 1.54) is 44.5 Å². The summed E-state index contributed by atoms with van der Waals surface area (Å²) >= 11 is 3.55. The Hall–Kier alpha value is -4.38. The van der Waals surface area contributed by atoms with Gasteiger partial charge in [-0.2, -0.15) is 0 Å². The smallest absolute Gasteiger partial charge is 0.149 e. The van der Waals surface area contributed by atoms with Crippen LogP contribution in [0.5, 0.6) is 23.0 Å². The van der Waals surface area contributed by atoms with Crippen molar-refractivity contribution in [3.63, 3.8) is 0 Å². The molecule has 0 saturated carbocycles. The van der Waals surface area contributed by atoms with E-state index < -0.39 is 0 Å². The zero-order valence-corrected chi connectivity index (χ0v) is 26.7. The first-order valence-corrected chi connectivity index (χ1v) is 16.5. The predicted molar refractivity (Wildman–Crippen MR) is 183 cm³/mol. The van der Waals surface area contributed by atoms with Crippen LogP contribution in [0.15, 0.2) is 129 Å². The van der Waals surface area contributed by atoms with E-state index in [-0.39, 0.29) is 0 Å². The molecule has 0 saturated heterocycles. The van der Waals surface area contributed by atoms with Gasteiger partial charge < -0.3 is 9.47 Å². The molecule has 2 aliphatic heterocycles. The third kappa shape index (κ3) is 4.52. The summed E-state index contributed by atoms with van der Waals surface area (Å²) in [5, 5.41) is 0. The van der Waals surface area contributed by atoms with Crippen molar-refractivity contribution in [2.75, 3.05) is 0 Å². The molecule has 6 aromatic rings. The molecule has 0 spiro atoms. The highest BCUT2D eigenvalue weighted by atomic mass is 32.2. The number of hydrogen-bond donors (Lipinski definition) is 0. The summed E-state index contributed by atoms with van der Waals surface area (Å²) in [6, 6.07) is 38.8. The standard InChI is InChI=1S/C40H30O2S2/c1-23-21-31(25(3)19-29(23)27-11-9-17-37-39(27)41-33-13-5-7-15-35(33)43-37)32-22-24(2)30(20-26(32)4)28-12-10-18-38-40(28)42-34-14-6-8-16-36(34)44-38/h5-22H,1-4H3. The van der Waals surface area contributed by atoms with Crippen molar-refractivity contribution in [1.29, 1.82) is 0 Å². The highest BCUT2D eigenvalue weighted by Gasteiger charge is 2.24. The summed E-state index contributed by atoms with van der Waals surface area (Å²) in [6.45, 7) is 8.86. The van der Waals surface area contributed by atoms with Crippen LogP contribution in [0.1, 0.15) is 22.3 Å². The van der Waals surface area contributed by atoms with Crippen molar-refractivity contribution in [3.8, 4) is 56.4 Å². The van der Waals surface area contributed by atoms with Gasteiger partial charge in [0.25, 0.3) is 0 Å². The summed E-state index contributed by atoms with van der Waals surface area (Å²) in [6.07, 6.45) is 0. The van der Waals surface area contributed by atoms with Gasteiger partial charge in [-0.15, -0.1) is 0 Å². The SMILES string of the molecule is Cc1cc(-c2cccc3c2Oc2ccccc2S3)c(C)cc1-c1cc(C)c(-c2cccc3c2Oc2ccccc2S3)cc1C. The van der Waals surface area contributed by atoms with Crippen LogP contribution in [0.3, 0.4) is 0 Å². The quantitative estimate of drug-likeness (QED) is 0.199. The maximum Gasteiger partial charge on any atom is 0.149 e. The summed E-state index contributed by atoms with van der Waals surface area (Å²) < 4.78 is 13.0. The van der Waals surface area contributed by atoms with Crippen molar-refractivity contribution in [2.24, 2.45) is 0 Å². The average molecular weight is 607 g/mol. The molecule has 0 fully saturated rings. The van der Waals surface area contributed by atoms with Crippen LogP contribution >= 0.6 is 23.5 Å². The van der Waals surface area contributed by atoms with E-state index in [2.05, 4.69) is 113 Å². The van der Waals surface area contributed by atoms with E-state index in [9.17, 15) is 0 Å². The van der Waals surface area contributed by atoms with Crippen LogP contribution < -0.4 is 9.47 Å². The number of rotatable bonds is 3. The van der Waals surface area contributed by atoms with Gasteiger partial charge in [-0.05, 0) is 109 Å². The van der Waals surface area contributed by atoms with Gasteiger partial charge in [0, 0.05) is 11.1 Å². The number of fused-ring (bicyclic) bond motifs is 4. The Kier molecular flexibility index (Phi) is 6.58. The molecule has 2 heterocycles. The van der Waals surface area contributed by atoms with Gasteiger partial charge in [-0.1, -0.05) is 96.3 Å². The molecule has 8 rings (SSSR count). The van der Waals surface area contributed by atoms with Gasteiger partial charge >= 0.3 is 0 Å². The fourth-order valence-corrected chi connectivity index (χ4v) is 8.28. The van der Waals surface area contributed by atoms with E-state index in [4.69, 9.17) is 9.47 Å². The molecule has 2 aliphatic rings. The Balaban J connectivity index is 1.17. The third-order valence-corrected chi connectivity index (χ3v) is 10.7. The Labute approximate surface area is 267 Å². The average Bonchev–Trinajstić information content (AvgIpc) is 3.04. The molecule has 44 heavy (non-hydrogen) atoms. The normalized spacial score (nSPS) is 12.7. The van der Waals surface area contributed by atoms with Crippen LogP contribution in [-0.4, -0.2) is 0 Å². The molecule has 2 nitrogen and oxygen atoms in total. The lowest BCUT2D eigenvalue weighted by atomic mass is 9.87. The molecule has 0 bridgehead atoms. The summed E-state index contributed by atoms with van der Waals surface area (Å²) in [5.41, 5.74) is 12.2. The van der Waals surface area contributed by atoms with Gasteiger partial charge in [0.05, 0.1) is 19.6 Å². The Morgan fingerprint density at radius 2 is 0.705 bits per heavy atom. The first-order valence-electron chi connectivity index (χ1n) is 14.8. The number of ether oxygens (including phenoxy) is 2. The molecule has 6 aromatic carbocycles. The lowest BCUT2D eigenvalue weighted by Crippen LogP contribution is -1.99. The number of aryl methyl sites for hydroxylation is 4. The van der Waals surface area contributed by atoms with Crippen LogP contribution in [0.4, 0.5) is 0 Å². The zero-order valence-electron chi connectivity index (χ0n) is 25.0. The van der Waals surface area contributed by atoms with E-state index in [0.717, 1.165) is 53.7 Å². The minimum Gasteiger partial charge on any atom is -0.454 e. The lowest BCUT2D eigenvalue weighted by Gasteiger charge is -2.24. The fraction of sp³-hybridized carbons (Fsp3) is 0.100. The topological polar surface area (TPSA) is 18.5 Å². The molecule has 0 aromatic heterocycles. The zero-order chi connectivity index (χ0) is 29.9. The fourth-order valence-electron chi connectivity index (χ4n) is 6.31. The molecular weight excluding hydrogens is 577 g/mol. The van der Waals surface area contributed by atoms with Gasteiger partial charge in [0.15, 0.2) is 0 Å². The second-order valence-electron chi connectivity index (χ2n) is 11.5. The molecule has 0 radical (unpaired) electrons. The van der Waals surface area contributed by atoms with Crippen LogP contribution in [0, 0.1) is 27.7 Å². The summed E-state index contributed by atoms with van der Waals surface area (Å²) in [4.78, 5) is 4.61. The first kappa shape index (κ1) is 27.2. The van der Waals surface area contributed by atoms with Crippen molar-refractivity contribution in [2.45, 2.75) is 47.3 Å². The molecule has 0 unspecified atom stereocenters. The Morgan fingerprint density at radius 1 is 0.364 bits per heavy atom. The first-order chi connectivity index (χ1) is 21.4. The van der Waals surface area contributed by atoms with Gasteiger partial charge in [0.2, 0.25) is 0 Å². The van der Waals surface area contributed by atoms with E-state index in [1.54, 1.807) is 23.5 Å². The van der Waals surface area contributed by atoms with Crippen LogP contribution in [0.25, 0.3) is 33.4 Å². The van der Waals surface area contributed by atoms with Gasteiger partial charge in [-0.3, -0.25) is 0 Å². The maximum atomic E-state index is 6.49. The van der Waals surface area contributed by atoms with Crippen molar-refractivity contribution in [1.82, 2.24) is 0 Å². The minimum atomic E-state index is 0.919. The largest absolute Gasteiger partial charge is 0.454 e. The van der Waals surface area contributed by atoms with E-state index >= 15 is 0 Å². The number of para-hydroxylation sites is 4. The lowest BCUT2D eigenvalue weighted by molar-refractivity contribution is 0.456. The number of hydrogen-bond acceptors (Lipinski definition) is 4. The Morgan fingerprint density at radius 3 is 1.11 bits per heavy atom. The highest BCUT2D eigenvalue weighted by Crippen LogP contribution is 2.53. The monoisotopic (exact) mass is 606 g/mol. The molecular formula is C40H30O2S2. The van der Waals surface area contributed by atoms with Crippen molar-refractivity contribution < 1.29 is 9.47 Å². The molecule has 4 heteroatoms. The minimum absolute atomic E-state index is 0.919. The molecule has 0 amide bonds. The third-order valence-electron chi connectivity index (χ3n) is 8.53. The molecule has 214 valence electrons. The Bertz CT molecular complexity index is 1980. The molecule has 0 aliphatic carbocycles. The molecule has 0 atom stereocenters. The second kappa shape index (κ2) is 10.7. The number of benzene rings is 6. The van der Waals surface area contributed by atoms with Crippen molar-refractivity contribution in [3.05, 3.63) is 131 Å². The van der Waals surface area contributed by atoms with E-state index in [0.29, 0.717) is 0 Å². The van der Waals surface area contributed by atoms with Crippen molar-refractivity contribution >= 4 is 23.5 Å². The van der Waals surface area contributed by atoms with Gasteiger partial charge in [0.1, 0.15) is 23.0 Å². The summed E-state index contributed by atoms with van der Waals surface area (Å²) in [5.74, 6) is 3.72. The predicted octanol–water partition coefficient (Wildman–Crippen LogP) is 12.4. The maximum absolute atomic E-state index is 6.49. The second-order valence-corrected chi connectivity index (χ2v) is 13.7. The van der Waals surface area contributed by atoms with Gasteiger partial charge in [-0.25, -0.2) is 0 Å². The highest BCUT2D eigenvalue weighted by molar-refractivity contribution is 7.99. The van der Waals surface area contributed by atoms with Crippen LogP contribution in [0.2, 0.25) is 0 Å².